The van der Waals surface area contributed by atoms with E-state index in [0.29, 0.717) is 17.2 Å². The first-order valence-electron chi connectivity index (χ1n) is 7.62. The molecule has 4 nitrogen and oxygen atoms in total. The Hall–Kier alpha value is -2.11. The molecule has 0 radical (unpaired) electrons. The zero-order valence-corrected chi connectivity index (χ0v) is 14.9. The number of nitrogens with zero attached hydrogens (tertiary/aromatic N) is 1. The van der Waals surface area contributed by atoms with Gasteiger partial charge in [-0.2, -0.15) is 0 Å². The largest absolute Gasteiger partial charge is 0.463 e. The molecule has 0 spiro atoms. The summed E-state index contributed by atoms with van der Waals surface area (Å²) in [6.45, 7) is 3.96. The molecule has 124 valence electrons. The number of benzene rings is 1. The Kier molecular flexibility index (Phi) is 5.02. The number of amidine groups is 1. The van der Waals surface area contributed by atoms with Gasteiger partial charge in [0.25, 0.3) is 0 Å². The van der Waals surface area contributed by atoms with Gasteiger partial charge in [0.05, 0.1) is 17.1 Å². The number of thiophene rings is 1. The average molecular weight is 361 g/mol. The Morgan fingerprint density at radius 3 is 2.79 bits per heavy atom. The molecule has 1 aromatic heterocycles. The van der Waals surface area contributed by atoms with Crippen molar-refractivity contribution in [1.29, 1.82) is 0 Å². The minimum absolute atomic E-state index is 0.312. The zero-order valence-electron chi connectivity index (χ0n) is 13.4. The molecule has 0 aliphatic carbocycles. The van der Waals surface area contributed by atoms with Crippen LogP contribution >= 0.6 is 22.9 Å². The second-order valence-electron chi connectivity index (χ2n) is 5.26. The van der Waals surface area contributed by atoms with E-state index < -0.39 is 6.04 Å². The summed E-state index contributed by atoms with van der Waals surface area (Å²) in [5.74, 6) is 0.363. The van der Waals surface area contributed by atoms with Crippen molar-refractivity contribution in [2.45, 2.75) is 19.9 Å². The van der Waals surface area contributed by atoms with E-state index in [1.165, 1.54) is 0 Å². The van der Waals surface area contributed by atoms with Gasteiger partial charge >= 0.3 is 5.97 Å². The minimum Gasteiger partial charge on any atom is -0.463 e. The van der Waals surface area contributed by atoms with Crippen molar-refractivity contribution in [2.75, 3.05) is 6.61 Å². The number of rotatable bonds is 4. The molecular weight excluding hydrogens is 344 g/mol. The second kappa shape index (κ2) is 7.20. The highest BCUT2D eigenvalue weighted by molar-refractivity contribution is 7.12. The maximum Gasteiger partial charge on any atom is 0.338 e. The van der Waals surface area contributed by atoms with Crippen molar-refractivity contribution in [3.05, 3.63) is 68.5 Å². The van der Waals surface area contributed by atoms with Crippen LogP contribution in [0.3, 0.4) is 0 Å². The smallest absolute Gasteiger partial charge is 0.338 e. The average Bonchev–Trinajstić information content (AvgIpc) is 3.09. The van der Waals surface area contributed by atoms with Gasteiger partial charge in [0.15, 0.2) is 0 Å². The lowest BCUT2D eigenvalue weighted by Crippen LogP contribution is -2.32. The van der Waals surface area contributed by atoms with Crippen molar-refractivity contribution < 1.29 is 9.53 Å². The van der Waals surface area contributed by atoms with E-state index in [-0.39, 0.29) is 5.97 Å². The van der Waals surface area contributed by atoms with Crippen LogP contribution < -0.4 is 5.32 Å². The summed E-state index contributed by atoms with van der Waals surface area (Å²) < 4.78 is 5.22. The van der Waals surface area contributed by atoms with Gasteiger partial charge in [0.2, 0.25) is 0 Å². The Morgan fingerprint density at radius 1 is 1.33 bits per heavy atom. The number of esters is 1. The van der Waals surface area contributed by atoms with E-state index in [1.54, 1.807) is 24.3 Å². The number of hydrogen-bond donors (Lipinski definition) is 1. The van der Waals surface area contributed by atoms with Crippen LogP contribution in [0.2, 0.25) is 5.02 Å². The molecule has 2 heterocycles. The van der Waals surface area contributed by atoms with E-state index in [2.05, 4.69) is 5.32 Å². The van der Waals surface area contributed by atoms with Crippen LogP contribution in [-0.4, -0.2) is 18.4 Å². The highest BCUT2D eigenvalue weighted by Gasteiger charge is 2.31. The lowest BCUT2D eigenvalue weighted by molar-refractivity contribution is -0.138. The van der Waals surface area contributed by atoms with Crippen LogP contribution in [0, 0.1) is 0 Å². The summed E-state index contributed by atoms with van der Waals surface area (Å²) in [6, 6.07) is 10.9. The summed E-state index contributed by atoms with van der Waals surface area (Å²) in [5.41, 5.74) is 2.01. The Labute approximate surface area is 149 Å². The number of allylic oxidation sites excluding steroid dienone is 1. The van der Waals surface area contributed by atoms with Gasteiger partial charge in [-0.3, -0.25) is 4.99 Å². The standard InChI is InChI=1S/C18H17ClN2O2S/c1-3-23-18(22)15-11(2)20-17(14-9-6-10-24-14)21-16(15)12-7-4-5-8-13(12)19/h4-10,16H,3H2,1-2H3,(H,20,21). The number of aliphatic imine (C=N–C) groups is 1. The third-order valence-corrected chi connectivity index (χ3v) is 4.91. The molecule has 3 rings (SSSR count). The lowest BCUT2D eigenvalue weighted by atomic mass is 9.96. The quantitative estimate of drug-likeness (QED) is 0.825. The van der Waals surface area contributed by atoms with Crippen molar-refractivity contribution in [1.82, 2.24) is 5.32 Å². The maximum absolute atomic E-state index is 12.5. The van der Waals surface area contributed by atoms with E-state index in [4.69, 9.17) is 21.3 Å². The number of hydrogen-bond acceptors (Lipinski definition) is 5. The fraction of sp³-hybridized carbons (Fsp3) is 0.222. The first-order chi connectivity index (χ1) is 11.6. The fourth-order valence-corrected chi connectivity index (χ4v) is 3.53. The van der Waals surface area contributed by atoms with E-state index in [0.717, 1.165) is 22.0 Å². The fourth-order valence-electron chi connectivity index (χ4n) is 2.61. The molecule has 0 bridgehead atoms. The van der Waals surface area contributed by atoms with Crippen molar-refractivity contribution in [2.24, 2.45) is 4.99 Å². The van der Waals surface area contributed by atoms with Gasteiger partial charge in [-0.15, -0.1) is 11.3 Å². The zero-order chi connectivity index (χ0) is 17.1. The summed E-state index contributed by atoms with van der Waals surface area (Å²) in [6.07, 6.45) is 0. The van der Waals surface area contributed by atoms with Gasteiger partial charge in [-0.05, 0) is 31.4 Å². The molecule has 2 aromatic rings. The van der Waals surface area contributed by atoms with Gasteiger partial charge in [-0.1, -0.05) is 35.9 Å². The second-order valence-corrected chi connectivity index (χ2v) is 6.62. The van der Waals surface area contributed by atoms with Crippen molar-refractivity contribution in [3.63, 3.8) is 0 Å². The van der Waals surface area contributed by atoms with Crippen LogP contribution in [0.5, 0.6) is 0 Å². The molecule has 1 atom stereocenters. The van der Waals surface area contributed by atoms with Crippen LogP contribution in [0.1, 0.15) is 30.3 Å². The molecule has 1 aliphatic rings. The van der Waals surface area contributed by atoms with Crippen LogP contribution in [0.4, 0.5) is 0 Å². The molecule has 24 heavy (non-hydrogen) atoms. The Balaban J connectivity index is 2.10. The Bertz CT molecular complexity index is 812. The predicted molar refractivity (Wildman–Crippen MR) is 97.5 cm³/mol. The lowest BCUT2D eigenvalue weighted by Gasteiger charge is -2.26. The number of ether oxygens (including phenoxy) is 1. The van der Waals surface area contributed by atoms with Crippen LogP contribution in [0.25, 0.3) is 0 Å². The summed E-state index contributed by atoms with van der Waals surface area (Å²) in [4.78, 5) is 18.2. The molecule has 1 N–H and O–H groups in total. The van der Waals surface area contributed by atoms with Gasteiger partial charge in [0, 0.05) is 16.3 Å². The molecule has 1 aromatic carbocycles. The number of nitrogens with one attached hydrogen (secondary N) is 1. The monoisotopic (exact) mass is 360 g/mol. The minimum atomic E-state index is -0.490. The van der Waals surface area contributed by atoms with Gasteiger partial charge < -0.3 is 10.1 Å². The predicted octanol–water partition coefficient (Wildman–Crippen LogP) is 4.33. The van der Waals surface area contributed by atoms with Crippen molar-refractivity contribution >= 4 is 34.7 Å². The number of carbonyl (C=O) groups excluding carboxylic acids is 1. The number of halogens is 1. The molecule has 6 heteroatoms. The molecule has 1 unspecified atom stereocenters. The van der Waals surface area contributed by atoms with Crippen LogP contribution in [0.15, 0.2) is 58.0 Å². The summed E-state index contributed by atoms with van der Waals surface area (Å²) in [5, 5.41) is 5.79. The highest BCUT2D eigenvalue weighted by atomic mass is 35.5. The van der Waals surface area contributed by atoms with Crippen LogP contribution in [-0.2, 0) is 9.53 Å². The molecule has 1 aliphatic heterocycles. The summed E-state index contributed by atoms with van der Waals surface area (Å²) >= 11 is 7.95. The van der Waals surface area contributed by atoms with Gasteiger partial charge in [-0.25, -0.2) is 4.79 Å². The number of carbonyl (C=O) groups is 1. The maximum atomic E-state index is 12.5. The third-order valence-electron chi connectivity index (χ3n) is 3.69. The molecule has 0 fully saturated rings. The summed E-state index contributed by atoms with van der Waals surface area (Å²) in [7, 11) is 0. The van der Waals surface area contributed by atoms with E-state index in [1.807, 2.05) is 42.6 Å². The molecule has 0 saturated heterocycles. The van der Waals surface area contributed by atoms with E-state index in [9.17, 15) is 4.79 Å². The first-order valence-corrected chi connectivity index (χ1v) is 8.88. The van der Waals surface area contributed by atoms with E-state index >= 15 is 0 Å². The normalized spacial score (nSPS) is 17.3. The topological polar surface area (TPSA) is 50.7 Å². The Morgan fingerprint density at radius 2 is 2.12 bits per heavy atom. The molecular formula is C18H17ClN2O2S. The SMILES string of the molecule is CCOC(=O)C1=C(C)NC(c2cccs2)=NC1c1ccccc1Cl. The molecule has 0 saturated carbocycles. The first kappa shape index (κ1) is 16.7. The highest BCUT2D eigenvalue weighted by Crippen LogP contribution is 2.36. The molecule has 0 amide bonds. The van der Waals surface area contributed by atoms with Gasteiger partial charge in [0.1, 0.15) is 11.9 Å². The van der Waals surface area contributed by atoms with Crippen molar-refractivity contribution in [3.8, 4) is 0 Å². The third kappa shape index (κ3) is 3.23.